The van der Waals surface area contributed by atoms with E-state index >= 15 is 0 Å². The Morgan fingerprint density at radius 1 is 1.24 bits per heavy atom. The van der Waals surface area contributed by atoms with Crippen LogP contribution in [0.1, 0.15) is 11.3 Å². The van der Waals surface area contributed by atoms with Gasteiger partial charge in [0, 0.05) is 45.4 Å². The number of hydrogen-bond acceptors (Lipinski definition) is 5. The van der Waals surface area contributed by atoms with Crippen LogP contribution in [0.3, 0.4) is 0 Å². The summed E-state index contributed by atoms with van der Waals surface area (Å²) in [6, 6.07) is 7.69. The van der Waals surface area contributed by atoms with Crippen LogP contribution in [0.4, 0.5) is 0 Å². The van der Waals surface area contributed by atoms with Crippen LogP contribution < -0.4 is 15.4 Å². The number of aromatic nitrogens is 1. The summed E-state index contributed by atoms with van der Waals surface area (Å²) in [5.74, 6) is 2.26. The smallest absolute Gasteiger partial charge is 0.218 e. The molecule has 0 atom stereocenters. The van der Waals surface area contributed by atoms with E-state index in [0.717, 1.165) is 24.3 Å². The molecule has 0 saturated carbocycles. The zero-order valence-electron chi connectivity index (χ0n) is 14.5. The third-order valence-electron chi connectivity index (χ3n) is 3.29. The molecule has 0 fully saturated rings. The van der Waals surface area contributed by atoms with Gasteiger partial charge >= 0.3 is 0 Å². The maximum atomic E-state index is 5.62. The van der Waals surface area contributed by atoms with Crippen LogP contribution in [-0.4, -0.2) is 44.9 Å². The van der Waals surface area contributed by atoms with E-state index in [2.05, 4.69) is 20.6 Å². The van der Waals surface area contributed by atoms with E-state index in [4.69, 9.17) is 13.9 Å². The predicted octanol–water partition coefficient (Wildman–Crippen LogP) is 2.23. The second-order valence-electron chi connectivity index (χ2n) is 4.99. The number of methoxy groups -OCH3 is 1. The number of pyridine rings is 1. The van der Waals surface area contributed by atoms with Crippen LogP contribution in [0.2, 0.25) is 0 Å². The second kappa shape index (κ2) is 12.5. The fourth-order valence-electron chi connectivity index (χ4n) is 2.07. The van der Waals surface area contributed by atoms with E-state index in [1.54, 1.807) is 26.6 Å². The first-order valence-corrected chi connectivity index (χ1v) is 7.86. The first kappa shape index (κ1) is 21.2. The molecule has 2 rings (SSSR count). The highest BCUT2D eigenvalue weighted by atomic mass is 127. The summed E-state index contributed by atoms with van der Waals surface area (Å²) in [4.78, 5) is 8.47. The molecule has 2 aromatic rings. The van der Waals surface area contributed by atoms with Gasteiger partial charge in [0.05, 0.1) is 12.9 Å². The maximum absolute atomic E-state index is 5.62. The minimum absolute atomic E-state index is 0. The normalized spacial score (nSPS) is 10.9. The Balaban J connectivity index is 0.00000312. The van der Waals surface area contributed by atoms with Gasteiger partial charge in [-0.05, 0) is 18.2 Å². The Morgan fingerprint density at radius 2 is 2.12 bits per heavy atom. The molecule has 0 aromatic carbocycles. The molecule has 7 nitrogen and oxygen atoms in total. The van der Waals surface area contributed by atoms with Crippen molar-refractivity contribution in [2.75, 3.05) is 33.9 Å². The minimum Gasteiger partial charge on any atom is -0.475 e. The molecule has 2 aromatic heterocycles. The summed E-state index contributed by atoms with van der Waals surface area (Å²) in [5, 5.41) is 6.50. The monoisotopic (exact) mass is 460 g/mol. The Hall–Kier alpha value is -1.81. The van der Waals surface area contributed by atoms with Crippen molar-refractivity contribution in [3.8, 4) is 5.88 Å². The van der Waals surface area contributed by atoms with E-state index in [-0.39, 0.29) is 24.0 Å². The molecule has 8 heteroatoms. The molecule has 0 radical (unpaired) electrons. The summed E-state index contributed by atoms with van der Waals surface area (Å²) in [7, 11) is 3.38. The van der Waals surface area contributed by atoms with E-state index in [9.17, 15) is 0 Å². The van der Waals surface area contributed by atoms with Crippen LogP contribution >= 0.6 is 24.0 Å². The fraction of sp³-hybridized carbons (Fsp3) is 0.412. The molecule has 2 N–H and O–H groups in total. The third kappa shape index (κ3) is 7.74. The van der Waals surface area contributed by atoms with Crippen molar-refractivity contribution >= 4 is 29.9 Å². The number of ether oxygens (including phenoxy) is 2. The molecular formula is C17H25IN4O3. The van der Waals surface area contributed by atoms with Crippen molar-refractivity contribution in [2.45, 2.75) is 13.0 Å². The summed E-state index contributed by atoms with van der Waals surface area (Å²) in [6.07, 6.45) is 4.18. The van der Waals surface area contributed by atoms with Gasteiger partial charge in [0.1, 0.15) is 12.4 Å². The van der Waals surface area contributed by atoms with Gasteiger partial charge in [-0.1, -0.05) is 6.07 Å². The van der Waals surface area contributed by atoms with Crippen LogP contribution in [0.15, 0.2) is 46.1 Å². The molecule has 0 saturated heterocycles. The first-order chi connectivity index (χ1) is 11.8. The predicted molar refractivity (Wildman–Crippen MR) is 108 cm³/mol. The minimum atomic E-state index is 0. The highest BCUT2D eigenvalue weighted by Crippen LogP contribution is 2.13. The zero-order valence-corrected chi connectivity index (χ0v) is 16.9. The lowest BCUT2D eigenvalue weighted by Crippen LogP contribution is -2.37. The van der Waals surface area contributed by atoms with Crippen LogP contribution in [-0.2, 0) is 17.7 Å². The first-order valence-electron chi connectivity index (χ1n) is 7.86. The van der Waals surface area contributed by atoms with Gasteiger partial charge in [-0.2, -0.15) is 0 Å². The lowest BCUT2D eigenvalue weighted by atomic mass is 10.2. The highest BCUT2D eigenvalue weighted by molar-refractivity contribution is 14.0. The van der Waals surface area contributed by atoms with Crippen molar-refractivity contribution < 1.29 is 13.9 Å². The largest absolute Gasteiger partial charge is 0.475 e. The fourth-order valence-corrected chi connectivity index (χ4v) is 2.07. The van der Waals surface area contributed by atoms with E-state index in [1.807, 2.05) is 24.3 Å². The molecule has 2 heterocycles. The summed E-state index contributed by atoms with van der Waals surface area (Å²) >= 11 is 0. The van der Waals surface area contributed by atoms with Crippen LogP contribution in [0.5, 0.6) is 5.88 Å². The lowest BCUT2D eigenvalue weighted by molar-refractivity contribution is 0.143. The molecular weight excluding hydrogens is 435 g/mol. The number of nitrogens with one attached hydrogen (secondary N) is 2. The average Bonchev–Trinajstić information content (AvgIpc) is 3.12. The lowest BCUT2D eigenvalue weighted by Gasteiger charge is -2.13. The highest BCUT2D eigenvalue weighted by Gasteiger charge is 2.06. The number of furan rings is 1. The standard InChI is InChI=1S/C17H24N4O3.HI/c1-18-17(20-9-7-15-6-4-10-23-15)21-13-14-5-3-8-19-16(14)24-12-11-22-2;/h3-6,8,10H,7,9,11-13H2,1-2H3,(H2,18,20,21);1H. The van der Waals surface area contributed by atoms with Gasteiger partial charge in [-0.15, -0.1) is 24.0 Å². The quantitative estimate of drug-likeness (QED) is 0.259. The molecule has 138 valence electrons. The molecule has 0 aliphatic rings. The topological polar surface area (TPSA) is 80.9 Å². The summed E-state index contributed by atoms with van der Waals surface area (Å²) in [6.45, 7) is 2.30. The van der Waals surface area contributed by atoms with Crippen molar-refractivity contribution in [1.29, 1.82) is 0 Å². The van der Waals surface area contributed by atoms with Gasteiger partial charge in [-0.25, -0.2) is 4.98 Å². The zero-order chi connectivity index (χ0) is 17.0. The van der Waals surface area contributed by atoms with Crippen LogP contribution in [0.25, 0.3) is 0 Å². The Labute approximate surface area is 165 Å². The van der Waals surface area contributed by atoms with E-state index in [1.165, 1.54) is 0 Å². The second-order valence-corrected chi connectivity index (χ2v) is 4.99. The Bertz CT molecular complexity index is 620. The molecule has 0 spiro atoms. The molecule has 0 bridgehead atoms. The third-order valence-corrected chi connectivity index (χ3v) is 3.29. The number of rotatable bonds is 9. The van der Waals surface area contributed by atoms with Crippen molar-refractivity contribution in [2.24, 2.45) is 4.99 Å². The van der Waals surface area contributed by atoms with Gasteiger partial charge in [0.2, 0.25) is 5.88 Å². The number of guanidine groups is 1. The van der Waals surface area contributed by atoms with Gasteiger partial charge in [-0.3, -0.25) is 4.99 Å². The van der Waals surface area contributed by atoms with E-state index in [0.29, 0.717) is 31.6 Å². The maximum Gasteiger partial charge on any atom is 0.218 e. The number of halogens is 1. The summed E-state index contributed by atoms with van der Waals surface area (Å²) < 4.78 is 15.9. The molecule has 0 unspecified atom stereocenters. The average molecular weight is 460 g/mol. The van der Waals surface area contributed by atoms with Gasteiger partial charge in [0.25, 0.3) is 0 Å². The Kier molecular flexibility index (Phi) is 10.6. The SMILES string of the molecule is CN=C(NCCc1ccco1)NCc1cccnc1OCCOC.I. The van der Waals surface area contributed by atoms with Crippen molar-refractivity contribution in [1.82, 2.24) is 15.6 Å². The van der Waals surface area contributed by atoms with Gasteiger partial charge in [0.15, 0.2) is 5.96 Å². The van der Waals surface area contributed by atoms with Gasteiger partial charge < -0.3 is 24.5 Å². The van der Waals surface area contributed by atoms with E-state index < -0.39 is 0 Å². The Morgan fingerprint density at radius 3 is 2.84 bits per heavy atom. The number of aliphatic imine (C=N–C) groups is 1. The van der Waals surface area contributed by atoms with Crippen molar-refractivity contribution in [3.63, 3.8) is 0 Å². The number of hydrogen-bond donors (Lipinski definition) is 2. The van der Waals surface area contributed by atoms with Crippen molar-refractivity contribution in [3.05, 3.63) is 48.0 Å². The molecule has 0 amide bonds. The summed E-state index contributed by atoms with van der Waals surface area (Å²) in [5.41, 5.74) is 0.961. The van der Waals surface area contributed by atoms with Crippen LogP contribution in [0, 0.1) is 0 Å². The molecule has 0 aliphatic heterocycles. The molecule has 25 heavy (non-hydrogen) atoms. The molecule has 0 aliphatic carbocycles. The number of nitrogens with zero attached hydrogens (tertiary/aromatic N) is 2.